The van der Waals surface area contributed by atoms with Gasteiger partial charge in [-0.3, -0.25) is 9.78 Å². The third-order valence-corrected chi connectivity index (χ3v) is 2.52. The molecule has 0 saturated carbocycles. The Morgan fingerprint density at radius 3 is 2.71 bits per heavy atom. The van der Waals surface area contributed by atoms with Crippen LogP contribution in [0.15, 0.2) is 47.2 Å². The van der Waals surface area contributed by atoms with Gasteiger partial charge in [-0.1, -0.05) is 0 Å². The van der Waals surface area contributed by atoms with Gasteiger partial charge in [0.1, 0.15) is 5.76 Å². The zero-order chi connectivity index (χ0) is 12.1. The Morgan fingerprint density at radius 2 is 2.06 bits per heavy atom. The number of hydrogen-bond acceptors (Lipinski definition) is 3. The fourth-order valence-corrected chi connectivity index (χ4v) is 1.63. The van der Waals surface area contributed by atoms with E-state index in [1.165, 1.54) is 6.08 Å². The van der Waals surface area contributed by atoms with Gasteiger partial charge >= 0.3 is 0 Å². The molecule has 0 saturated heterocycles. The largest absolute Gasteiger partial charge is 0.451 e. The summed E-state index contributed by atoms with van der Waals surface area (Å²) >= 11 is 2.07. The molecule has 0 aromatic carbocycles. The van der Waals surface area contributed by atoms with Crippen molar-refractivity contribution in [3.8, 4) is 0 Å². The van der Waals surface area contributed by atoms with Gasteiger partial charge in [0.15, 0.2) is 3.77 Å². The molecule has 0 aliphatic heterocycles. The molecular formula is C12H9IN2O2. The average Bonchev–Trinajstić information content (AvgIpc) is 2.74. The van der Waals surface area contributed by atoms with Gasteiger partial charge in [0.05, 0.1) is 0 Å². The minimum absolute atomic E-state index is 0.206. The number of furan rings is 1. The predicted octanol–water partition coefficient (Wildman–Crippen LogP) is 2.93. The minimum atomic E-state index is -0.206. The molecule has 0 unspecified atom stereocenters. The number of halogens is 1. The second-order valence-corrected chi connectivity index (χ2v) is 4.26. The summed E-state index contributed by atoms with van der Waals surface area (Å²) in [7, 11) is 0. The number of rotatable bonds is 3. The number of anilines is 1. The first-order valence-electron chi connectivity index (χ1n) is 4.88. The summed E-state index contributed by atoms with van der Waals surface area (Å²) in [5.41, 5.74) is 0.712. The van der Waals surface area contributed by atoms with Gasteiger partial charge in [-0.05, 0) is 52.9 Å². The van der Waals surface area contributed by atoms with Gasteiger partial charge in [-0.25, -0.2) is 0 Å². The molecule has 0 spiro atoms. The monoisotopic (exact) mass is 340 g/mol. The Morgan fingerprint density at radius 1 is 1.29 bits per heavy atom. The van der Waals surface area contributed by atoms with Crippen LogP contribution in [0.3, 0.4) is 0 Å². The molecule has 1 N–H and O–H groups in total. The van der Waals surface area contributed by atoms with E-state index in [1.54, 1.807) is 36.7 Å². The molecule has 86 valence electrons. The predicted molar refractivity (Wildman–Crippen MR) is 73.3 cm³/mol. The van der Waals surface area contributed by atoms with Gasteiger partial charge in [0.25, 0.3) is 0 Å². The van der Waals surface area contributed by atoms with E-state index in [0.29, 0.717) is 11.4 Å². The van der Waals surface area contributed by atoms with E-state index < -0.39 is 0 Å². The highest BCUT2D eigenvalue weighted by Gasteiger charge is 1.98. The van der Waals surface area contributed by atoms with Crippen LogP contribution >= 0.6 is 22.6 Å². The molecule has 1 amide bonds. The lowest BCUT2D eigenvalue weighted by Crippen LogP contribution is -2.07. The number of carbonyl (C=O) groups excluding carboxylic acids is 1. The zero-order valence-electron chi connectivity index (χ0n) is 8.76. The molecule has 2 aromatic rings. The van der Waals surface area contributed by atoms with Crippen molar-refractivity contribution in [3.63, 3.8) is 0 Å². The van der Waals surface area contributed by atoms with E-state index >= 15 is 0 Å². The second kappa shape index (κ2) is 5.62. The van der Waals surface area contributed by atoms with E-state index in [9.17, 15) is 4.79 Å². The van der Waals surface area contributed by atoms with Crippen molar-refractivity contribution in [3.05, 3.63) is 52.3 Å². The number of carbonyl (C=O) groups is 1. The first kappa shape index (κ1) is 11.8. The molecule has 4 nitrogen and oxygen atoms in total. The van der Waals surface area contributed by atoms with Gasteiger partial charge in [-0.15, -0.1) is 0 Å². The van der Waals surface area contributed by atoms with Crippen molar-refractivity contribution < 1.29 is 9.21 Å². The number of nitrogens with zero attached hydrogens (tertiary/aromatic N) is 1. The lowest BCUT2D eigenvalue weighted by Gasteiger charge is -1.99. The fraction of sp³-hybridized carbons (Fsp3) is 0. The summed E-state index contributed by atoms with van der Waals surface area (Å²) in [6.45, 7) is 0. The lowest BCUT2D eigenvalue weighted by molar-refractivity contribution is -0.111. The Balaban J connectivity index is 1.96. The van der Waals surface area contributed by atoms with Gasteiger partial charge < -0.3 is 9.73 Å². The summed E-state index contributed by atoms with van der Waals surface area (Å²) in [5.74, 6) is 0.446. The highest BCUT2D eigenvalue weighted by atomic mass is 127. The van der Waals surface area contributed by atoms with Crippen LogP contribution in [0.5, 0.6) is 0 Å². The Hall–Kier alpha value is -1.63. The van der Waals surface area contributed by atoms with Crippen LogP contribution in [0.4, 0.5) is 5.69 Å². The van der Waals surface area contributed by atoms with Crippen LogP contribution in [0, 0.1) is 3.77 Å². The molecule has 0 radical (unpaired) electrons. The lowest BCUT2D eigenvalue weighted by atomic mass is 10.3. The number of pyridine rings is 1. The topological polar surface area (TPSA) is 55.1 Å². The Labute approximate surface area is 112 Å². The highest BCUT2D eigenvalue weighted by Crippen LogP contribution is 2.11. The molecule has 17 heavy (non-hydrogen) atoms. The zero-order valence-corrected chi connectivity index (χ0v) is 10.9. The quantitative estimate of drug-likeness (QED) is 0.691. The van der Waals surface area contributed by atoms with Gasteiger partial charge in [-0.2, -0.15) is 0 Å². The minimum Gasteiger partial charge on any atom is -0.451 e. The smallest absolute Gasteiger partial charge is 0.248 e. The fourth-order valence-electron chi connectivity index (χ4n) is 1.19. The maximum Gasteiger partial charge on any atom is 0.248 e. The number of aromatic nitrogens is 1. The molecule has 0 bridgehead atoms. The van der Waals surface area contributed by atoms with Crippen molar-refractivity contribution in [2.75, 3.05) is 5.32 Å². The third kappa shape index (κ3) is 3.70. The molecule has 2 aromatic heterocycles. The van der Waals surface area contributed by atoms with Gasteiger partial charge in [0, 0.05) is 24.2 Å². The number of nitrogens with one attached hydrogen (secondary N) is 1. The molecule has 5 heteroatoms. The Bertz CT molecular complexity index is 534. The summed E-state index contributed by atoms with van der Waals surface area (Å²) in [4.78, 5) is 15.4. The maximum absolute atomic E-state index is 11.5. The van der Waals surface area contributed by atoms with E-state index in [-0.39, 0.29) is 5.91 Å². The van der Waals surface area contributed by atoms with Crippen molar-refractivity contribution >= 4 is 40.3 Å². The number of hydrogen-bond donors (Lipinski definition) is 1. The van der Waals surface area contributed by atoms with Crippen LogP contribution in [-0.2, 0) is 4.79 Å². The standard InChI is InChI=1S/C12H9IN2O2/c13-11-3-1-10(17-11)2-4-12(16)15-9-5-7-14-8-6-9/h1-8H,(H,14,15,16)/b4-2+. The van der Waals surface area contributed by atoms with E-state index in [4.69, 9.17) is 4.42 Å². The molecule has 0 aliphatic carbocycles. The van der Waals surface area contributed by atoms with Crippen LogP contribution in [0.2, 0.25) is 0 Å². The van der Waals surface area contributed by atoms with Crippen LogP contribution in [0.1, 0.15) is 5.76 Å². The normalized spacial score (nSPS) is 10.6. The van der Waals surface area contributed by atoms with Crippen molar-refractivity contribution in [1.29, 1.82) is 0 Å². The highest BCUT2D eigenvalue weighted by molar-refractivity contribution is 14.1. The van der Waals surface area contributed by atoms with Crippen molar-refractivity contribution in [2.24, 2.45) is 0 Å². The first-order valence-corrected chi connectivity index (χ1v) is 5.96. The van der Waals surface area contributed by atoms with E-state index in [2.05, 4.69) is 32.9 Å². The molecule has 0 atom stereocenters. The molecule has 2 rings (SSSR count). The summed E-state index contributed by atoms with van der Waals surface area (Å²) in [5, 5.41) is 2.71. The SMILES string of the molecule is O=C(/C=C/c1ccc(I)o1)Nc1ccncc1. The van der Waals surface area contributed by atoms with E-state index in [0.717, 1.165) is 3.77 Å². The average molecular weight is 340 g/mol. The summed E-state index contributed by atoms with van der Waals surface area (Å²) in [6, 6.07) is 7.09. The summed E-state index contributed by atoms with van der Waals surface area (Å²) < 4.78 is 6.08. The Kier molecular flexibility index (Phi) is 3.92. The van der Waals surface area contributed by atoms with Gasteiger partial charge in [0.2, 0.25) is 5.91 Å². The van der Waals surface area contributed by atoms with Crippen LogP contribution < -0.4 is 5.32 Å². The van der Waals surface area contributed by atoms with Crippen LogP contribution in [0.25, 0.3) is 6.08 Å². The first-order chi connectivity index (χ1) is 8.24. The summed E-state index contributed by atoms with van der Waals surface area (Å²) in [6.07, 6.45) is 6.29. The third-order valence-electron chi connectivity index (χ3n) is 1.94. The molecule has 0 aliphatic rings. The maximum atomic E-state index is 11.5. The molecule has 0 fully saturated rings. The molecule has 2 heterocycles. The van der Waals surface area contributed by atoms with E-state index in [1.807, 2.05) is 6.07 Å². The second-order valence-electron chi connectivity index (χ2n) is 3.20. The van der Waals surface area contributed by atoms with Crippen molar-refractivity contribution in [2.45, 2.75) is 0 Å². The number of amides is 1. The molecular weight excluding hydrogens is 331 g/mol. The van der Waals surface area contributed by atoms with Crippen LogP contribution in [-0.4, -0.2) is 10.9 Å². The van der Waals surface area contributed by atoms with Crippen molar-refractivity contribution in [1.82, 2.24) is 4.98 Å².